The van der Waals surface area contributed by atoms with Gasteiger partial charge in [0.2, 0.25) is 0 Å². The van der Waals surface area contributed by atoms with Gasteiger partial charge in [-0.25, -0.2) is 10.9 Å². The van der Waals surface area contributed by atoms with Gasteiger partial charge in [-0.05, 0) is 24.6 Å². The largest absolute Gasteiger partial charge is 0.497 e. The summed E-state index contributed by atoms with van der Waals surface area (Å²) in [6.45, 7) is 2.13. The van der Waals surface area contributed by atoms with Crippen molar-refractivity contribution in [3.63, 3.8) is 0 Å². The molecule has 2 rings (SSSR count). The molecule has 3 N–H and O–H groups in total. The monoisotopic (exact) mass is 193 g/mol. The van der Waals surface area contributed by atoms with Crippen molar-refractivity contribution in [2.24, 2.45) is 0 Å². The molecule has 2 unspecified atom stereocenters. The Kier molecular flexibility index (Phi) is 2.67. The van der Waals surface area contributed by atoms with Gasteiger partial charge in [-0.1, -0.05) is 12.1 Å². The summed E-state index contributed by atoms with van der Waals surface area (Å²) >= 11 is 0. The van der Waals surface area contributed by atoms with Crippen LogP contribution in [0.5, 0.6) is 5.75 Å². The molecule has 4 nitrogen and oxygen atoms in total. The Morgan fingerprint density at radius 2 is 1.86 bits per heavy atom. The first-order valence-electron chi connectivity index (χ1n) is 4.71. The van der Waals surface area contributed by atoms with E-state index in [1.165, 1.54) is 5.56 Å². The first-order valence-corrected chi connectivity index (χ1v) is 4.71. The highest BCUT2D eigenvalue weighted by Gasteiger charge is 2.23. The molecule has 1 fully saturated rings. The van der Waals surface area contributed by atoms with E-state index in [4.69, 9.17) is 4.74 Å². The molecule has 4 heteroatoms. The lowest BCUT2D eigenvalue weighted by atomic mass is 10.0. The van der Waals surface area contributed by atoms with Gasteiger partial charge in [0.15, 0.2) is 0 Å². The number of rotatable bonds is 2. The van der Waals surface area contributed by atoms with Crippen LogP contribution in [0.1, 0.15) is 18.5 Å². The zero-order valence-corrected chi connectivity index (χ0v) is 8.37. The van der Waals surface area contributed by atoms with Crippen LogP contribution in [-0.2, 0) is 0 Å². The SMILES string of the molecule is COc1ccc(C2NNNC2C)cc1. The number of hydrazine groups is 2. The van der Waals surface area contributed by atoms with E-state index in [-0.39, 0.29) is 0 Å². The highest BCUT2D eigenvalue weighted by atomic mass is 16.5. The van der Waals surface area contributed by atoms with Crippen LogP contribution >= 0.6 is 0 Å². The highest BCUT2D eigenvalue weighted by molar-refractivity contribution is 5.30. The van der Waals surface area contributed by atoms with Crippen molar-refractivity contribution in [3.8, 4) is 5.75 Å². The minimum atomic E-state index is 0.306. The van der Waals surface area contributed by atoms with Gasteiger partial charge >= 0.3 is 0 Å². The Hall–Kier alpha value is -1.10. The first-order chi connectivity index (χ1) is 6.81. The van der Waals surface area contributed by atoms with Crippen LogP contribution in [0.15, 0.2) is 24.3 Å². The molecule has 1 aliphatic heterocycles. The van der Waals surface area contributed by atoms with Gasteiger partial charge in [0.25, 0.3) is 0 Å². The van der Waals surface area contributed by atoms with E-state index in [0.717, 1.165) is 5.75 Å². The van der Waals surface area contributed by atoms with Crippen molar-refractivity contribution >= 4 is 0 Å². The van der Waals surface area contributed by atoms with E-state index < -0.39 is 0 Å². The van der Waals surface area contributed by atoms with Crippen LogP contribution in [0.2, 0.25) is 0 Å². The molecule has 0 aromatic heterocycles. The standard InChI is InChI=1S/C10H15N3O/c1-7-10(12-13-11-7)8-3-5-9(14-2)6-4-8/h3-7,10-13H,1-2H3. The summed E-state index contributed by atoms with van der Waals surface area (Å²) in [5.41, 5.74) is 10.4. The molecule has 0 aliphatic carbocycles. The molecule has 2 atom stereocenters. The van der Waals surface area contributed by atoms with E-state index >= 15 is 0 Å². The second kappa shape index (κ2) is 3.96. The van der Waals surface area contributed by atoms with Crippen molar-refractivity contribution in [2.45, 2.75) is 19.0 Å². The smallest absolute Gasteiger partial charge is 0.118 e. The van der Waals surface area contributed by atoms with Gasteiger partial charge < -0.3 is 4.74 Å². The van der Waals surface area contributed by atoms with Gasteiger partial charge in [-0.2, -0.15) is 5.53 Å². The third-order valence-corrected chi connectivity index (χ3v) is 2.50. The van der Waals surface area contributed by atoms with E-state index in [9.17, 15) is 0 Å². The molecule has 0 spiro atoms. The molecule has 1 heterocycles. The van der Waals surface area contributed by atoms with Crippen molar-refractivity contribution in [2.75, 3.05) is 7.11 Å². The summed E-state index contributed by atoms with van der Waals surface area (Å²) < 4.78 is 5.11. The fraction of sp³-hybridized carbons (Fsp3) is 0.400. The summed E-state index contributed by atoms with van der Waals surface area (Å²) in [5.74, 6) is 0.889. The van der Waals surface area contributed by atoms with Crippen molar-refractivity contribution in [1.82, 2.24) is 16.4 Å². The van der Waals surface area contributed by atoms with Crippen molar-refractivity contribution in [3.05, 3.63) is 29.8 Å². The Labute approximate surface area is 83.6 Å². The van der Waals surface area contributed by atoms with E-state index in [1.54, 1.807) is 7.11 Å². The van der Waals surface area contributed by atoms with E-state index in [1.807, 2.05) is 12.1 Å². The molecule has 1 aromatic carbocycles. The number of hydrogen-bond acceptors (Lipinski definition) is 4. The molecule has 0 amide bonds. The number of methoxy groups -OCH3 is 1. The van der Waals surface area contributed by atoms with Gasteiger partial charge in [-0.3, -0.25) is 0 Å². The molecule has 76 valence electrons. The second-order valence-electron chi connectivity index (χ2n) is 3.45. The second-order valence-corrected chi connectivity index (χ2v) is 3.45. The fourth-order valence-corrected chi connectivity index (χ4v) is 1.62. The maximum absolute atomic E-state index is 5.11. The fourth-order valence-electron chi connectivity index (χ4n) is 1.62. The maximum atomic E-state index is 5.11. The number of ether oxygens (including phenoxy) is 1. The van der Waals surface area contributed by atoms with Gasteiger partial charge in [0, 0.05) is 6.04 Å². The number of nitrogens with one attached hydrogen (secondary N) is 3. The molecule has 14 heavy (non-hydrogen) atoms. The van der Waals surface area contributed by atoms with Crippen LogP contribution < -0.4 is 21.1 Å². The third-order valence-electron chi connectivity index (χ3n) is 2.50. The predicted molar refractivity (Wildman–Crippen MR) is 54.6 cm³/mol. The quantitative estimate of drug-likeness (QED) is 0.648. The highest BCUT2D eigenvalue weighted by Crippen LogP contribution is 2.21. The Balaban J connectivity index is 2.16. The molecule has 1 aliphatic rings. The lowest BCUT2D eigenvalue weighted by molar-refractivity contribution is 0.414. The Morgan fingerprint density at radius 3 is 2.36 bits per heavy atom. The number of benzene rings is 1. The van der Waals surface area contributed by atoms with Crippen LogP contribution in [0.3, 0.4) is 0 Å². The lowest BCUT2D eigenvalue weighted by Gasteiger charge is -2.14. The molecule has 1 aromatic rings. The summed E-state index contributed by atoms with van der Waals surface area (Å²) in [6.07, 6.45) is 0. The minimum absolute atomic E-state index is 0.306. The van der Waals surface area contributed by atoms with Crippen LogP contribution in [0.25, 0.3) is 0 Å². The van der Waals surface area contributed by atoms with Crippen molar-refractivity contribution in [1.29, 1.82) is 0 Å². The minimum Gasteiger partial charge on any atom is -0.497 e. The normalized spacial score (nSPS) is 26.4. The molecule has 1 saturated heterocycles. The number of hydrogen-bond donors (Lipinski definition) is 3. The lowest BCUT2D eigenvalue weighted by Crippen LogP contribution is -2.32. The van der Waals surface area contributed by atoms with Crippen LogP contribution in [0.4, 0.5) is 0 Å². The van der Waals surface area contributed by atoms with Gasteiger partial charge in [0.05, 0.1) is 13.2 Å². The zero-order chi connectivity index (χ0) is 9.97. The molecule has 0 saturated carbocycles. The van der Waals surface area contributed by atoms with E-state index in [2.05, 4.69) is 35.4 Å². The van der Waals surface area contributed by atoms with Gasteiger partial charge in [0.1, 0.15) is 5.75 Å². The van der Waals surface area contributed by atoms with Crippen LogP contribution in [0, 0.1) is 0 Å². The third kappa shape index (κ3) is 1.72. The topological polar surface area (TPSA) is 45.3 Å². The molecule has 0 radical (unpaired) electrons. The first kappa shape index (κ1) is 9.45. The Bertz CT molecular complexity index is 299. The summed E-state index contributed by atoms with van der Waals surface area (Å²) in [7, 11) is 1.68. The summed E-state index contributed by atoms with van der Waals surface area (Å²) in [6, 6.07) is 8.78. The zero-order valence-electron chi connectivity index (χ0n) is 8.37. The molecular formula is C10H15N3O. The van der Waals surface area contributed by atoms with Crippen molar-refractivity contribution < 1.29 is 4.74 Å². The average Bonchev–Trinajstić information content (AvgIpc) is 2.65. The average molecular weight is 193 g/mol. The van der Waals surface area contributed by atoms with E-state index in [0.29, 0.717) is 12.1 Å². The van der Waals surface area contributed by atoms with Gasteiger partial charge in [-0.15, -0.1) is 0 Å². The summed E-state index contributed by atoms with van der Waals surface area (Å²) in [5, 5.41) is 0. The molecule has 0 bridgehead atoms. The van der Waals surface area contributed by atoms with Crippen LogP contribution in [-0.4, -0.2) is 13.2 Å². The molecular weight excluding hydrogens is 178 g/mol. The maximum Gasteiger partial charge on any atom is 0.118 e. The Morgan fingerprint density at radius 1 is 1.14 bits per heavy atom. The summed E-state index contributed by atoms with van der Waals surface area (Å²) in [4.78, 5) is 0. The predicted octanol–water partition coefficient (Wildman–Crippen LogP) is 0.737.